The van der Waals surface area contributed by atoms with E-state index < -0.39 is 16.7 Å². The van der Waals surface area contributed by atoms with Crippen LogP contribution in [0.4, 0.5) is 8.78 Å². The lowest BCUT2D eigenvalue weighted by Gasteiger charge is -2.42. The lowest BCUT2D eigenvalue weighted by Crippen LogP contribution is -2.30. The fourth-order valence-electron chi connectivity index (χ4n) is 6.26. The summed E-state index contributed by atoms with van der Waals surface area (Å²) < 4.78 is 27.7. The van der Waals surface area contributed by atoms with E-state index in [0.29, 0.717) is 11.5 Å². The maximum Gasteiger partial charge on any atom is 0.145 e. The molecule has 2 aromatic carbocycles. The number of rotatable bonds is 8. The average Bonchev–Trinajstić information content (AvgIpc) is 2.82. The van der Waals surface area contributed by atoms with E-state index in [9.17, 15) is 8.78 Å². The number of unbranched alkanes of at least 4 members (excludes halogenated alkanes) is 4. The fourth-order valence-corrected chi connectivity index (χ4v) is 6.37. The van der Waals surface area contributed by atoms with Gasteiger partial charge >= 0.3 is 0 Å². The molecule has 0 radical (unpaired) electrons. The van der Waals surface area contributed by atoms with Gasteiger partial charge in [-0.3, -0.25) is 0 Å². The lowest BCUT2D eigenvalue weighted by molar-refractivity contribution is 0.113. The van der Waals surface area contributed by atoms with Crippen molar-refractivity contribution in [1.29, 1.82) is 0 Å². The molecule has 32 heavy (non-hydrogen) atoms. The summed E-state index contributed by atoms with van der Waals surface area (Å²) in [4.78, 5) is 0. The number of hydrogen-bond acceptors (Lipinski definition) is 0. The summed E-state index contributed by atoms with van der Waals surface area (Å²) in [5, 5.41) is -0.437. The standard InChI is InChI=1S/C29H37ClF2/c1-2-3-4-5-6-7-20-8-9-25-17-24(15-14-23(25)16-20)21-10-12-22(13-11-21)26-18-27(31)29(30)28(32)19-26/h10-13,18-20,23-25H,2-9,14-17H2,1H3. The highest BCUT2D eigenvalue weighted by Gasteiger charge is 2.35. The summed E-state index contributed by atoms with van der Waals surface area (Å²) in [6.07, 6.45) is 16.7. The Bertz CT molecular complexity index is 852. The Labute approximate surface area is 197 Å². The van der Waals surface area contributed by atoms with Gasteiger partial charge in [0.05, 0.1) is 0 Å². The summed E-state index contributed by atoms with van der Waals surface area (Å²) in [6, 6.07) is 10.9. The molecule has 0 heterocycles. The molecule has 174 valence electrons. The summed E-state index contributed by atoms with van der Waals surface area (Å²) in [6.45, 7) is 2.29. The highest BCUT2D eigenvalue weighted by molar-refractivity contribution is 6.31. The van der Waals surface area contributed by atoms with E-state index in [0.717, 1.165) is 23.3 Å². The van der Waals surface area contributed by atoms with Crippen LogP contribution in [-0.4, -0.2) is 0 Å². The van der Waals surface area contributed by atoms with Crippen LogP contribution in [0.2, 0.25) is 5.02 Å². The van der Waals surface area contributed by atoms with Gasteiger partial charge in [-0.1, -0.05) is 87.7 Å². The maximum absolute atomic E-state index is 13.8. The minimum Gasteiger partial charge on any atom is -0.205 e. The molecule has 3 heteroatoms. The average molecular weight is 459 g/mol. The third-order valence-electron chi connectivity index (χ3n) is 8.14. The third-order valence-corrected chi connectivity index (χ3v) is 8.50. The van der Waals surface area contributed by atoms with E-state index in [-0.39, 0.29) is 0 Å². The van der Waals surface area contributed by atoms with Crippen molar-refractivity contribution in [3.63, 3.8) is 0 Å². The normalized spacial score (nSPS) is 25.5. The van der Waals surface area contributed by atoms with Crippen LogP contribution in [0.3, 0.4) is 0 Å². The van der Waals surface area contributed by atoms with Crippen LogP contribution in [-0.2, 0) is 0 Å². The van der Waals surface area contributed by atoms with Crippen molar-refractivity contribution in [2.24, 2.45) is 17.8 Å². The van der Waals surface area contributed by atoms with Gasteiger partial charge < -0.3 is 0 Å². The van der Waals surface area contributed by atoms with Crippen LogP contribution < -0.4 is 0 Å². The van der Waals surface area contributed by atoms with Gasteiger partial charge in [0.25, 0.3) is 0 Å². The van der Waals surface area contributed by atoms with E-state index >= 15 is 0 Å². The Morgan fingerprint density at radius 3 is 2.16 bits per heavy atom. The third kappa shape index (κ3) is 5.74. The van der Waals surface area contributed by atoms with Gasteiger partial charge in [-0.25, -0.2) is 8.78 Å². The van der Waals surface area contributed by atoms with Crippen molar-refractivity contribution in [2.45, 2.75) is 89.9 Å². The molecule has 4 unspecified atom stereocenters. The van der Waals surface area contributed by atoms with E-state index in [2.05, 4.69) is 19.1 Å². The first-order valence-corrected chi connectivity index (χ1v) is 13.2. The molecule has 0 N–H and O–H groups in total. The highest BCUT2D eigenvalue weighted by atomic mass is 35.5. The van der Waals surface area contributed by atoms with E-state index in [1.54, 1.807) is 0 Å². The highest BCUT2D eigenvalue weighted by Crippen LogP contribution is 2.48. The SMILES string of the molecule is CCCCCCCC1CCC2CC(c3ccc(-c4cc(F)c(Cl)c(F)c4)cc3)CCC2C1. The van der Waals surface area contributed by atoms with E-state index in [1.807, 2.05) is 12.1 Å². The summed E-state index contributed by atoms with van der Waals surface area (Å²) in [7, 11) is 0. The predicted octanol–water partition coefficient (Wildman–Crippen LogP) is 9.95. The van der Waals surface area contributed by atoms with Gasteiger partial charge in [0.2, 0.25) is 0 Å². The molecule has 0 amide bonds. The quantitative estimate of drug-likeness (QED) is 0.272. The van der Waals surface area contributed by atoms with Crippen LogP contribution in [0.5, 0.6) is 0 Å². The molecule has 0 saturated heterocycles. The molecule has 2 aromatic rings. The molecule has 0 aliphatic heterocycles. The molecular weight excluding hydrogens is 422 g/mol. The molecule has 0 aromatic heterocycles. The Hall–Kier alpha value is -1.41. The molecular formula is C29H37ClF2. The zero-order chi connectivity index (χ0) is 22.5. The number of fused-ring (bicyclic) bond motifs is 1. The molecule has 4 atom stereocenters. The number of benzene rings is 2. The first kappa shape index (κ1) is 23.7. The van der Waals surface area contributed by atoms with Gasteiger partial charge in [0, 0.05) is 0 Å². The Morgan fingerprint density at radius 2 is 1.44 bits per heavy atom. The van der Waals surface area contributed by atoms with Crippen LogP contribution in [0.25, 0.3) is 11.1 Å². The maximum atomic E-state index is 13.8. The van der Waals surface area contributed by atoms with Gasteiger partial charge in [-0.05, 0) is 84.6 Å². The minimum atomic E-state index is -0.708. The zero-order valence-electron chi connectivity index (χ0n) is 19.4. The molecule has 0 nitrogen and oxygen atoms in total. The van der Waals surface area contributed by atoms with Crippen LogP contribution in [0, 0.1) is 29.4 Å². The Balaban J connectivity index is 1.31. The Morgan fingerprint density at radius 1 is 0.781 bits per heavy atom. The number of halogens is 3. The van der Waals surface area contributed by atoms with Crippen molar-refractivity contribution in [1.82, 2.24) is 0 Å². The fraction of sp³-hybridized carbons (Fsp3) is 0.586. The largest absolute Gasteiger partial charge is 0.205 e. The van der Waals surface area contributed by atoms with Crippen LogP contribution in [0.15, 0.2) is 36.4 Å². The molecule has 0 bridgehead atoms. The van der Waals surface area contributed by atoms with Crippen LogP contribution in [0.1, 0.15) is 95.5 Å². The summed E-state index contributed by atoms with van der Waals surface area (Å²) in [5.41, 5.74) is 2.74. The lowest BCUT2D eigenvalue weighted by atomic mass is 9.63. The zero-order valence-corrected chi connectivity index (χ0v) is 20.1. The number of hydrogen-bond donors (Lipinski definition) is 0. The summed E-state index contributed by atoms with van der Waals surface area (Å²) in [5.74, 6) is 1.98. The van der Waals surface area contributed by atoms with Gasteiger partial charge in [0.1, 0.15) is 16.7 Å². The van der Waals surface area contributed by atoms with E-state index in [4.69, 9.17) is 11.6 Å². The molecule has 2 fully saturated rings. The van der Waals surface area contributed by atoms with Crippen molar-refractivity contribution in [2.75, 3.05) is 0 Å². The molecule has 2 saturated carbocycles. The predicted molar refractivity (Wildman–Crippen MR) is 131 cm³/mol. The topological polar surface area (TPSA) is 0 Å². The second-order valence-electron chi connectivity index (χ2n) is 10.3. The first-order chi connectivity index (χ1) is 15.5. The van der Waals surface area contributed by atoms with Crippen molar-refractivity contribution in [3.05, 3.63) is 58.6 Å². The minimum absolute atomic E-state index is 0.437. The van der Waals surface area contributed by atoms with Gasteiger partial charge in [-0.2, -0.15) is 0 Å². The monoisotopic (exact) mass is 458 g/mol. The van der Waals surface area contributed by atoms with Crippen molar-refractivity contribution < 1.29 is 8.78 Å². The van der Waals surface area contributed by atoms with Crippen molar-refractivity contribution >= 4 is 11.6 Å². The smallest absolute Gasteiger partial charge is 0.145 e. The Kier molecular flexibility index (Phi) is 8.27. The molecule has 0 spiro atoms. The molecule has 2 aliphatic rings. The van der Waals surface area contributed by atoms with Crippen LogP contribution >= 0.6 is 11.6 Å². The van der Waals surface area contributed by atoms with E-state index in [1.165, 1.54) is 94.7 Å². The first-order valence-electron chi connectivity index (χ1n) is 12.8. The van der Waals surface area contributed by atoms with Crippen molar-refractivity contribution in [3.8, 4) is 11.1 Å². The second kappa shape index (κ2) is 11.1. The second-order valence-corrected chi connectivity index (χ2v) is 10.7. The van der Waals surface area contributed by atoms with Gasteiger partial charge in [-0.15, -0.1) is 0 Å². The van der Waals surface area contributed by atoms with Gasteiger partial charge in [0.15, 0.2) is 0 Å². The summed E-state index contributed by atoms with van der Waals surface area (Å²) >= 11 is 5.62. The molecule has 2 aliphatic carbocycles. The molecule has 4 rings (SSSR count).